The predicted molar refractivity (Wildman–Crippen MR) is 139 cm³/mol. The van der Waals surface area contributed by atoms with Crippen molar-refractivity contribution in [2.45, 2.75) is 25.7 Å². The molecule has 0 bridgehead atoms. The third-order valence-corrected chi connectivity index (χ3v) is 7.65. The standard InChI is InChI=1S/C26H37ClN6O/c1-30-13-15-32(16-14-30)22-8-6-21(7-9-22)25-28-24(27)23-5-2-3-11-33(26(23)29-25)12-4-10-31-17-19-34-20-18-31/h6-9H,2-5,10-20H2,1H3. The number of halogens is 1. The van der Waals surface area contributed by atoms with Crippen molar-refractivity contribution >= 4 is 23.1 Å². The van der Waals surface area contributed by atoms with Gasteiger partial charge in [0.1, 0.15) is 11.0 Å². The van der Waals surface area contributed by atoms with Crippen LogP contribution in [0.4, 0.5) is 11.5 Å². The largest absolute Gasteiger partial charge is 0.379 e. The smallest absolute Gasteiger partial charge is 0.163 e. The van der Waals surface area contributed by atoms with Gasteiger partial charge in [0.05, 0.1) is 13.2 Å². The molecule has 0 aliphatic carbocycles. The molecule has 0 spiro atoms. The van der Waals surface area contributed by atoms with Crippen LogP contribution < -0.4 is 9.80 Å². The molecule has 0 atom stereocenters. The Balaban J connectivity index is 1.31. The van der Waals surface area contributed by atoms with Crippen LogP contribution in [0.3, 0.4) is 0 Å². The normalized spacial score (nSPS) is 20.3. The lowest BCUT2D eigenvalue weighted by molar-refractivity contribution is 0.0376. The molecule has 7 nitrogen and oxygen atoms in total. The number of hydrogen-bond acceptors (Lipinski definition) is 7. The third kappa shape index (κ3) is 5.65. The summed E-state index contributed by atoms with van der Waals surface area (Å²) in [5, 5.41) is 0.614. The number of ether oxygens (including phenoxy) is 1. The summed E-state index contributed by atoms with van der Waals surface area (Å²) in [7, 11) is 2.19. The Labute approximate surface area is 208 Å². The molecule has 3 aliphatic rings. The average Bonchev–Trinajstić information content (AvgIpc) is 3.08. The zero-order chi connectivity index (χ0) is 23.3. The van der Waals surface area contributed by atoms with Crippen molar-refractivity contribution in [2.75, 3.05) is 89.0 Å². The number of morpholine rings is 1. The summed E-state index contributed by atoms with van der Waals surface area (Å²) in [5.74, 6) is 1.77. The van der Waals surface area contributed by atoms with Crippen molar-refractivity contribution in [3.63, 3.8) is 0 Å². The van der Waals surface area contributed by atoms with E-state index in [0.717, 1.165) is 114 Å². The highest BCUT2D eigenvalue weighted by atomic mass is 35.5. The Morgan fingerprint density at radius 1 is 0.882 bits per heavy atom. The first kappa shape index (κ1) is 23.8. The molecule has 2 fully saturated rings. The van der Waals surface area contributed by atoms with Crippen molar-refractivity contribution in [1.82, 2.24) is 19.8 Å². The van der Waals surface area contributed by atoms with E-state index in [4.69, 9.17) is 26.3 Å². The highest BCUT2D eigenvalue weighted by Gasteiger charge is 2.22. The van der Waals surface area contributed by atoms with Gasteiger partial charge in [0.25, 0.3) is 0 Å². The molecular formula is C26H37ClN6O. The lowest BCUT2D eigenvalue weighted by atomic mass is 10.1. The summed E-state index contributed by atoms with van der Waals surface area (Å²) in [5.41, 5.74) is 3.41. The van der Waals surface area contributed by atoms with E-state index < -0.39 is 0 Å². The summed E-state index contributed by atoms with van der Waals surface area (Å²) in [6.07, 6.45) is 4.38. The summed E-state index contributed by atoms with van der Waals surface area (Å²) in [6.45, 7) is 11.3. The predicted octanol–water partition coefficient (Wildman–Crippen LogP) is 3.41. The van der Waals surface area contributed by atoms with Gasteiger partial charge in [-0.1, -0.05) is 11.6 Å². The second kappa shape index (κ2) is 11.2. The SMILES string of the molecule is CN1CCN(c2ccc(-c3nc(Cl)c4c(n3)N(CCCN3CCOCC3)CCCC4)cc2)CC1. The highest BCUT2D eigenvalue weighted by molar-refractivity contribution is 6.30. The van der Waals surface area contributed by atoms with Gasteiger partial charge < -0.3 is 19.4 Å². The van der Waals surface area contributed by atoms with E-state index in [1.54, 1.807) is 0 Å². The monoisotopic (exact) mass is 484 g/mol. The van der Waals surface area contributed by atoms with Crippen molar-refractivity contribution in [3.05, 3.63) is 35.0 Å². The number of nitrogens with zero attached hydrogens (tertiary/aromatic N) is 6. The van der Waals surface area contributed by atoms with Crippen molar-refractivity contribution in [3.8, 4) is 11.4 Å². The van der Waals surface area contributed by atoms with Crippen LogP contribution in [0.5, 0.6) is 0 Å². The van der Waals surface area contributed by atoms with E-state index in [1.807, 2.05) is 0 Å². The first-order valence-corrected chi connectivity index (χ1v) is 13.2. The number of piperazine rings is 1. The second-order valence-electron chi connectivity index (χ2n) is 9.73. The fourth-order valence-electron chi connectivity index (χ4n) is 5.18. The van der Waals surface area contributed by atoms with E-state index in [9.17, 15) is 0 Å². The topological polar surface area (TPSA) is 48.0 Å². The summed E-state index contributed by atoms with van der Waals surface area (Å²) in [4.78, 5) is 19.6. The molecule has 0 radical (unpaired) electrons. The molecule has 1 aromatic heterocycles. The van der Waals surface area contributed by atoms with Gasteiger partial charge in [0.2, 0.25) is 0 Å². The Bertz CT molecular complexity index is 941. The van der Waals surface area contributed by atoms with E-state index in [-0.39, 0.29) is 0 Å². The van der Waals surface area contributed by atoms with E-state index in [0.29, 0.717) is 5.15 Å². The van der Waals surface area contributed by atoms with Crippen LogP contribution in [0, 0.1) is 0 Å². The molecule has 5 rings (SSSR count). The van der Waals surface area contributed by atoms with Gasteiger partial charge in [-0.2, -0.15) is 0 Å². The number of aromatic nitrogens is 2. The number of likely N-dealkylation sites (N-methyl/N-ethyl adjacent to an activating group) is 1. The fourth-order valence-corrected chi connectivity index (χ4v) is 5.43. The van der Waals surface area contributed by atoms with Gasteiger partial charge >= 0.3 is 0 Å². The van der Waals surface area contributed by atoms with Gasteiger partial charge in [0, 0.05) is 75.7 Å². The van der Waals surface area contributed by atoms with Crippen LogP contribution in [0.25, 0.3) is 11.4 Å². The molecule has 0 amide bonds. The molecule has 2 aromatic rings. The zero-order valence-corrected chi connectivity index (χ0v) is 21.1. The molecular weight excluding hydrogens is 448 g/mol. The maximum absolute atomic E-state index is 6.74. The minimum absolute atomic E-state index is 0.614. The molecule has 3 aliphatic heterocycles. The van der Waals surface area contributed by atoms with Gasteiger partial charge in [-0.05, 0) is 57.0 Å². The van der Waals surface area contributed by atoms with Gasteiger partial charge in [0.15, 0.2) is 5.82 Å². The van der Waals surface area contributed by atoms with Crippen LogP contribution >= 0.6 is 11.6 Å². The number of rotatable bonds is 6. The molecule has 34 heavy (non-hydrogen) atoms. The molecule has 0 N–H and O–H groups in total. The van der Waals surface area contributed by atoms with Gasteiger partial charge in [-0.25, -0.2) is 9.97 Å². The Hall–Kier alpha value is -1.93. The van der Waals surface area contributed by atoms with E-state index >= 15 is 0 Å². The first-order valence-electron chi connectivity index (χ1n) is 12.8. The van der Waals surface area contributed by atoms with Crippen molar-refractivity contribution in [1.29, 1.82) is 0 Å². The second-order valence-corrected chi connectivity index (χ2v) is 10.1. The molecule has 2 saturated heterocycles. The van der Waals surface area contributed by atoms with Crippen LogP contribution in [0.1, 0.15) is 24.8 Å². The average molecular weight is 485 g/mol. The van der Waals surface area contributed by atoms with E-state index in [2.05, 4.69) is 50.9 Å². The molecule has 1 aromatic carbocycles. The number of hydrogen-bond donors (Lipinski definition) is 0. The van der Waals surface area contributed by atoms with Crippen LogP contribution in [-0.4, -0.2) is 98.9 Å². The molecule has 0 unspecified atom stereocenters. The number of anilines is 2. The van der Waals surface area contributed by atoms with Gasteiger partial charge in [-0.15, -0.1) is 0 Å². The van der Waals surface area contributed by atoms with Crippen LogP contribution in [0.15, 0.2) is 24.3 Å². The summed E-state index contributed by atoms with van der Waals surface area (Å²) >= 11 is 6.74. The lowest BCUT2D eigenvalue weighted by Crippen LogP contribution is -2.44. The maximum Gasteiger partial charge on any atom is 0.163 e. The van der Waals surface area contributed by atoms with Gasteiger partial charge in [-0.3, -0.25) is 4.90 Å². The van der Waals surface area contributed by atoms with Crippen molar-refractivity contribution in [2.24, 2.45) is 0 Å². The lowest BCUT2D eigenvalue weighted by Gasteiger charge is -2.34. The molecule has 0 saturated carbocycles. The Kier molecular flexibility index (Phi) is 7.84. The fraction of sp³-hybridized carbons (Fsp3) is 0.615. The van der Waals surface area contributed by atoms with Crippen molar-refractivity contribution < 1.29 is 4.74 Å². The molecule has 4 heterocycles. The minimum Gasteiger partial charge on any atom is -0.379 e. The minimum atomic E-state index is 0.614. The first-order chi connectivity index (χ1) is 16.7. The number of fused-ring (bicyclic) bond motifs is 1. The summed E-state index contributed by atoms with van der Waals surface area (Å²) in [6, 6.07) is 8.68. The third-order valence-electron chi connectivity index (χ3n) is 7.34. The number of benzene rings is 1. The highest BCUT2D eigenvalue weighted by Crippen LogP contribution is 2.32. The Morgan fingerprint density at radius 3 is 2.41 bits per heavy atom. The van der Waals surface area contributed by atoms with Crippen LogP contribution in [0.2, 0.25) is 5.15 Å². The summed E-state index contributed by atoms with van der Waals surface area (Å²) < 4.78 is 5.49. The van der Waals surface area contributed by atoms with Crippen LogP contribution in [-0.2, 0) is 11.2 Å². The van der Waals surface area contributed by atoms with E-state index in [1.165, 1.54) is 12.1 Å². The quantitative estimate of drug-likeness (QED) is 0.582. The molecule has 184 valence electrons. The molecule has 8 heteroatoms. The maximum atomic E-state index is 6.74. The Morgan fingerprint density at radius 2 is 1.65 bits per heavy atom. The zero-order valence-electron chi connectivity index (χ0n) is 20.4.